The maximum Gasteiger partial charge on any atom is 0.220 e. The van der Waals surface area contributed by atoms with Crippen LogP contribution in [-0.4, -0.2) is 28.3 Å². The molecule has 5 nitrogen and oxygen atoms in total. The van der Waals surface area contributed by atoms with Crippen molar-refractivity contribution in [3.05, 3.63) is 89.5 Å². The monoisotopic (exact) mass is 449 g/mol. The van der Waals surface area contributed by atoms with Crippen LogP contribution < -0.4 is 14.5 Å². The van der Waals surface area contributed by atoms with Gasteiger partial charge in [0.1, 0.15) is 23.2 Å². The molecule has 1 atom stereocenters. The van der Waals surface area contributed by atoms with Crippen LogP contribution in [0.25, 0.3) is 0 Å². The number of carbonyl (C=O) groups excluding carboxylic acids is 1. The van der Waals surface area contributed by atoms with E-state index in [1.54, 1.807) is 43.5 Å². The number of benzene rings is 3. The number of rotatable bonds is 9. The van der Waals surface area contributed by atoms with Gasteiger partial charge in [-0.25, -0.2) is 5.06 Å². The van der Waals surface area contributed by atoms with Gasteiger partial charge < -0.3 is 14.0 Å². The van der Waals surface area contributed by atoms with Crippen LogP contribution in [0.5, 0.6) is 11.5 Å². The molecule has 3 aromatic carbocycles. The molecule has 168 valence electrons. The van der Waals surface area contributed by atoms with Crippen molar-refractivity contribution in [1.29, 1.82) is 0 Å². The van der Waals surface area contributed by atoms with Crippen molar-refractivity contribution in [3.8, 4) is 11.5 Å². The van der Waals surface area contributed by atoms with Crippen LogP contribution in [0.15, 0.2) is 72.8 Å². The van der Waals surface area contributed by atoms with Crippen molar-refractivity contribution in [2.24, 2.45) is 0 Å². The lowest BCUT2D eigenvalue weighted by Crippen LogP contribution is -2.43. The maximum atomic E-state index is 14.0. The van der Waals surface area contributed by atoms with Gasteiger partial charge in [0.05, 0.1) is 14.2 Å². The Morgan fingerprint density at radius 1 is 0.844 bits per heavy atom. The molecule has 0 N–H and O–H groups in total. The van der Waals surface area contributed by atoms with Crippen molar-refractivity contribution in [1.82, 2.24) is 0 Å². The van der Waals surface area contributed by atoms with Gasteiger partial charge in [0.15, 0.2) is 5.78 Å². The molecule has 3 aromatic rings. The number of anilines is 1. The van der Waals surface area contributed by atoms with Crippen LogP contribution in [0.2, 0.25) is 19.6 Å². The number of nitrogens with zero attached hydrogens (tertiary/aromatic N) is 1. The number of para-hydroxylation sites is 2. The number of Topliss-reactive ketones (excluding diaryl/α,β-unsaturated/α-hetero) is 1. The molecule has 0 aliphatic carbocycles. The fourth-order valence-electron chi connectivity index (χ4n) is 3.53. The van der Waals surface area contributed by atoms with E-state index in [1.165, 1.54) is 0 Å². The molecule has 3 rings (SSSR count). The van der Waals surface area contributed by atoms with Crippen molar-refractivity contribution in [2.45, 2.75) is 32.6 Å². The standard InChI is InChI=1S/C26H31NO4Si/c1-19-11-7-8-12-22(19)25(26(28)20-15-17-21(29-2)18-16-20)27(31-32(4,5)6)23-13-9-10-14-24(23)30-3/h7-18,25H,1-6H3/t25-/m1/s1. The van der Waals surface area contributed by atoms with Gasteiger partial charge in [0.25, 0.3) is 0 Å². The number of aryl methyl sites for hydroxylation is 1. The van der Waals surface area contributed by atoms with Crippen LogP contribution in [0, 0.1) is 6.92 Å². The predicted octanol–water partition coefficient (Wildman–Crippen LogP) is 6.21. The van der Waals surface area contributed by atoms with Gasteiger partial charge in [-0.1, -0.05) is 36.4 Å². The average Bonchev–Trinajstić information content (AvgIpc) is 2.79. The molecule has 0 spiro atoms. The van der Waals surface area contributed by atoms with Gasteiger partial charge in [0, 0.05) is 5.56 Å². The zero-order valence-electron chi connectivity index (χ0n) is 19.6. The highest BCUT2D eigenvalue weighted by Gasteiger charge is 2.35. The van der Waals surface area contributed by atoms with E-state index in [-0.39, 0.29) is 5.78 Å². The second kappa shape index (κ2) is 10.0. The number of carbonyl (C=O) groups is 1. The number of hydrogen-bond donors (Lipinski definition) is 0. The Morgan fingerprint density at radius 3 is 2.06 bits per heavy atom. The van der Waals surface area contributed by atoms with Crippen molar-refractivity contribution in [2.75, 3.05) is 19.3 Å². The topological polar surface area (TPSA) is 48.0 Å². The van der Waals surface area contributed by atoms with Crippen molar-refractivity contribution in [3.63, 3.8) is 0 Å². The van der Waals surface area contributed by atoms with Gasteiger partial charge in [-0.2, -0.15) is 0 Å². The van der Waals surface area contributed by atoms with Crippen LogP contribution in [0.4, 0.5) is 5.69 Å². The van der Waals surface area contributed by atoms with E-state index in [4.69, 9.17) is 14.0 Å². The van der Waals surface area contributed by atoms with E-state index >= 15 is 0 Å². The van der Waals surface area contributed by atoms with Gasteiger partial charge >= 0.3 is 0 Å². The summed E-state index contributed by atoms with van der Waals surface area (Å²) in [5, 5.41) is 1.75. The minimum Gasteiger partial charge on any atom is -0.497 e. The molecule has 0 saturated carbocycles. The molecular formula is C26H31NO4Si. The second-order valence-corrected chi connectivity index (χ2v) is 13.0. The first-order valence-corrected chi connectivity index (χ1v) is 14.0. The normalized spacial score (nSPS) is 12.2. The summed E-state index contributed by atoms with van der Waals surface area (Å²) in [4.78, 5) is 14.0. The average molecular weight is 450 g/mol. The summed E-state index contributed by atoms with van der Waals surface area (Å²) >= 11 is 0. The fraction of sp³-hybridized carbons (Fsp3) is 0.269. The number of hydroxylamine groups is 1. The Kier molecular flexibility index (Phi) is 7.38. The third kappa shape index (κ3) is 5.39. The summed E-state index contributed by atoms with van der Waals surface area (Å²) in [5.74, 6) is 1.28. The first-order chi connectivity index (χ1) is 15.2. The smallest absolute Gasteiger partial charge is 0.220 e. The molecule has 0 bridgehead atoms. The minimum absolute atomic E-state index is 0.0638. The quantitative estimate of drug-likeness (QED) is 0.221. The SMILES string of the molecule is COc1ccc(C(=O)[C@@H](c2ccccc2C)N(O[Si](C)(C)C)c2ccccc2OC)cc1. The molecule has 0 amide bonds. The highest BCUT2D eigenvalue weighted by molar-refractivity contribution is 6.69. The van der Waals surface area contributed by atoms with E-state index in [1.807, 2.05) is 55.5 Å². The first kappa shape index (κ1) is 23.6. The summed E-state index contributed by atoms with van der Waals surface area (Å²) in [6, 6.07) is 22.0. The molecule has 0 heterocycles. The van der Waals surface area contributed by atoms with Crippen molar-refractivity contribution < 1.29 is 18.8 Å². The number of methoxy groups -OCH3 is 2. The summed E-state index contributed by atoms with van der Waals surface area (Å²) in [6.45, 7) is 8.31. The highest BCUT2D eigenvalue weighted by Crippen LogP contribution is 2.38. The Hall–Kier alpha value is -3.09. The minimum atomic E-state index is -2.12. The Labute approximate surface area is 191 Å². The number of ketones is 1. The molecular weight excluding hydrogens is 418 g/mol. The molecule has 0 aliphatic rings. The second-order valence-electron chi connectivity index (χ2n) is 8.55. The van der Waals surface area contributed by atoms with Crippen LogP contribution in [-0.2, 0) is 4.53 Å². The van der Waals surface area contributed by atoms with E-state index in [9.17, 15) is 4.79 Å². The lowest BCUT2D eigenvalue weighted by molar-refractivity contribution is 0.0904. The van der Waals surface area contributed by atoms with E-state index in [2.05, 4.69) is 19.6 Å². The third-order valence-electron chi connectivity index (χ3n) is 5.04. The molecule has 0 aliphatic heterocycles. The van der Waals surface area contributed by atoms with Gasteiger partial charge in [-0.3, -0.25) is 4.79 Å². The Balaban J connectivity index is 2.21. The summed E-state index contributed by atoms with van der Waals surface area (Å²) < 4.78 is 17.5. The van der Waals surface area contributed by atoms with Crippen LogP contribution in [0.3, 0.4) is 0 Å². The summed E-state index contributed by atoms with van der Waals surface area (Å²) in [7, 11) is 1.12. The van der Waals surface area contributed by atoms with E-state index < -0.39 is 14.4 Å². The van der Waals surface area contributed by atoms with Crippen LogP contribution in [0.1, 0.15) is 27.5 Å². The van der Waals surface area contributed by atoms with Gasteiger partial charge in [-0.05, 0) is 74.1 Å². The Morgan fingerprint density at radius 2 is 1.47 bits per heavy atom. The van der Waals surface area contributed by atoms with E-state index in [0.717, 1.165) is 11.1 Å². The largest absolute Gasteiger partial charge is 0.497 e. The lowest BCUT2D eigenvalue weighted by Gasteiger charge is -2.37. The molecule has 0 saturated heterocycles. The molecule has 32 heavy (non-hydrogen) atoms. The highest BCUT2D eigenvalue weighted by atomic mass is 28.4. The number of hydrogen-bond acceptors (Lipinski definition) is 5. The molecule has 0 radical (unpaired) electrons. The summed E-state index contributed by atoms with van der Waals surface area (Å²) in [5.41, 5.74) is 3.20. The molecule has 0 fully saturated rings. The van der Waals surface area contributed by atoms with Gasteiger partial charge in [-0.15, -0.1) is 0 Å². The lowest BCUT2D eigenvalue weighted by atomic mass is 9.93. The first-order valence-electron chi connectivity index (χ1n) is 10.6. The van der Waals surface area contributed by atoms with Gasteiger partial charge in [0.2, 0.25) is 8.32 Å². The zero-order chi connectivity index (χ0) is 23.3. The van der Waals surface area contributed by atoms with Crippen LogP contribution >= 0.6 is 0 Å². The maximum absolute atomic E-state index is 14.0. The van der Waals surface area contributed by atoms with E-state index in [0.29, 0.717) is 22.7 Å². The molecule has 0 aromatic heterocycles. The number of ether oxygens (including phenoxy) is 2. The third-order valence-corrected chi connectivity index (χ3v) is 5.78. The molecule has 6 heteroatoms. The summed E-state index contributed by atoms with van der Waals surface area (Å²) in [6.07, 6.45) is 0. The fourth-order valence-corrected chi connectivity index (χ4v) is 4.32. The zero-order valence-corrected chi connectivity index (χ0v) is 20.6. The molecule has 0 unspecified atom stereocenters. The van der Waals surface area contributed by atoms with Crippen molar-refractivity contribution >= 4 is 19.8 Å². The Bertz CT molecular complexity index is 1060. The predicted molar refractivity (Wildman–Crippen MR) is 131 cm³/mol.